The minimum atomic E-state index is 0.423. The Morgan fingerprint density at radius 2 is 2.38 bits per heavy atom. The largest absolute Gasteiger partial charge is 0.383 e. The second kappa shape index (κ2) is 5.15. The van der Waals surface area contributed by atoms with E-state index in [-0.39, 0.29) is 0 Å². The zero-order chi connectivity index (χ0) is 11.5. The van der Waals surface area contributed by atoms with Gasteiger partial charge in [-0.25, -0.2) is 4.98 Å². The molecule has 0 aromatic carbocycles. The topological polar surface area (TPSA) is 34.1 Å². The lowest BCUT2D eigenvalue weighted by molar-refractivity contribution is 0.179. The molecule has 3 nitrogen and oxygen atoms in total. The second-order valence-corrected chi connectivity index (χ2v) is 5.13. The molecule has 2 rings (SSSR count). The molecule has 1 N–H and O–H groups in total. The van der Waals surface area contributed by atoms with Gasteiger partial charge in [-0.05, 0) is 53.2 Å². The Balaban J connectivity index is 2.03. The molecule has 1 aromatic heterocycles. The van der Waals surface area contributed by atoms with E-state index in [2.05, 4.69) is 32.3 Å². The molecule has 0 spiro atoms. The molecule has 0 radical (unpaired) electrons. The first-order chi connectivity index (χ1) is 7.70. The predicted molar refractivity (Wildman–Crippen MR) is 68.7 cm³/mol. The summed E-state index contributed by atoms with van der Waals surface area (Å²) >= 11 is 3.40. The van der Waals surface area contributed by atoms with Crippen molar-refractivity contribution in [1.29, 1.82) is 0 Å². The summed E-state index contributed by atoms with van der Waals surface area (Å²) in [6.07, 6.45) is 4.48. The average molecular weight is 285 g/mol. The van der Waals surface area contributed by atoms with Crippen molar-refractivity contribution in [3.63, 3.8) is 0 Å². The van der Waals surface area contributed by atoms with Gasteiger partial charge in [-0.15, -0.1) is 0 Å². The Hall–Kier alpha value is -0.610. The SMILES string of the molecule is COCC(Nc1cnc(Br)c(C)c1)C1CC1. The lowest BCUT2D eigenvalue weighted by Gasteiger charge is -2.18. The Morgan fingerprint density at radius 3 is 2.94 bits per heavy atom. The Bertz CT molecular complexity index is 366. The number of hydrogen-bond donors (Lipinski definition) is 1. The van der Waals surface area contributed by atoms with Crippen molar-refractivity contribution >= 4 is 21.6 Å². The number of pyridine rings is 1. The molecule has 0 bridgehead atoms. The van der Waals surface area contributed by atoms with Crippen LogP contribution in [0.2, 0.25) is 0 Å². The van der Waals surface area contributed by atoms with Crippen molar-refractivity contribution in [2.75, 3.05) is 19.0 Å². The Kier molecular flexibility index (Phi) is 3.82. The molecule has 0 saturated heterocycles. The van der Waals surface area contributed by atoms with Gasteiger partial charge in [0.15, 0.2) is 0 Å². The van der Waals surface area contributed by atoms with Gasteiger partial charge in [-0.1, -0.05) is 0 Å². The zero-order valence-corrected chi connectivity index (χ0v) is 11.3. The highest BCUT2D eigenvalue weighted by Gasteiger charge is 2.31. The number of nitrogens with one attached hydrogen (secondary N) is 1. The molecule has 1 aliphatic rings. The van der Waals surface area contributed by atoms with E-state index >= 15 is 0 Å². The van der Waals surface area contributed by atoms with Crippen LogP contribution in [0.15, 0.2) is 16.9 Å². The summed E-state index contributed by atoms with van der Waals surface area (Å²) in [5, 5.41) is 3.50. The first-order valence-electron chi connectivity index (χ1n) is 5.58. The third-order valence-corrected chi connectivity index (χ3v) is 3.73. The van der Waals surface area contributed by atoms with Crippen molar-refractivity contribution in [3.05, 3.63) is 22.4 Å². The number of rotatable bonds is 5. The highest BCUT2D eigenvalue weighted by Crippen LogP contribution is 2.34. The fourth-order valence-corrected chi connectivity index (χ4v) is 2.04. The summed E-state index contributed by atoms with van der Waals surface area (Å²) in [7, 11) is 1.75. The van der Waals surface area contributed by atoms with Crippen LogP contribution in [0.5, 0.6) is 0 Å². The van der Waals surface area contributed by atoms with Gasteiger partial charge in [0.2, 0.25) is 0 Å². The van der Waals surface area contributed by atoms with Crippen LogP contribution in [0, 0.1) is 12.8 Å². The fraction of sp³-hybridized carbons (Fsp3) is 0.583. The number of hydrogen-bond acceptors (Lipinski definition) is 3. The molecule has 1 fully saturated rings. The third kappa shape index (κ3) is 2.95. The number of anilines is 1. The normalized spacial score (nSPS) is 17.2. The minimum Gasteiger partial charge on any atom is -0.383 e. The number of nitrogens with zero attached hydrogens (tertiary/aromatic N) is 1. The summed E-state index contributed by atoms with van der Waals surface area (Å²) in [6, 6.07) is 2.54. The molecule has 4 heteroatoms. The van der Waals surface area contributed by atoms with Gasteiger partial charge in [-0.3, -0.25) is 0 Å². The zero-order valence-electron chi connectivity index (χ0n) is 9.66. The van der Waals surface area contributed by atoms with Crippen LogP contribution >= 0.6 is 15.9 Å². The van der Waals surface area contributed by atoms with Crippen molar-refractivity contribution in [2.24, 2.45) is 5.92 Å². The maximum atomic E-state index is 5.24. The summed E-state index contributed by atoms with van der Waals surface area (Å²) in [6.45, 7) is 2.81. The van der Waals surface area contributed by atoms with Crippen LogP contribution in [0.4, 0.5) is 5.69 Å². The summed E-state index contributed by atoms with van der Waals surface area (Å²) in [4.78, 5) is 4.28. The Labute approximate surface area is 105 Å². The second-order valence-electron chi connectivity index (χ2n) is 4.38. The molecule has 1 aromatic rings. The van der Waals surface area contributed by atoms with E-state index in [4.69, 9.17) is 4.74 Å². The summed E-state index contributed by atoms with van der Waals surface area (Å²) < 4.78 is 6.15. The standard InChI is InChI=1S/C12H17BrN2O/c1-8-5-10(6-14-12(8)13)15-11(7-16-2)9-3-4-9/h5-6,9,11,15H,3-4,7H2,1-2H3. The highest BCUT2D eigenvalue weighted by molar-refractivity contribution is 9.10. The predicted octanol–water partition coefficient (Wildman–Crippen LogP) is 2.99. The summed E-state index contributed by atoms with van der Waals surface area (Å²) in [5.74, 6) is 0.768. The number of aromatic nitrogens is 1. The quantitative estimate of drug-likeness (QED) is 0.844. The maximum Gasteiger partial charge on any atom is 0.109 e. The van der Waals surface area contributed by atoms with Crippen LogP contribution in [0.1, 0.15) is 18.4 Å². The molecular weight excluding hydrogens is 268 g/mol. The number of ether oxygens (including phenoxy) is 1. The molecule has 0 aliphatic heterocycles. The van der Waals surface area contributed by atoms with Crippen LogP contribution < -0.4 is 5.32 Å². The molecule has 1 heterocycles. The van der Waals surface area contributed by atoms with Crippen LogP contribution in [-0.4, -0.2) is 24.7 Å². The van der Waals surface area contributed by atoms with Gasteiger partial charge >= 0.3 is 0 Å². The van der Waals surface area contributed by atoms with Crippen molar-refractivity contribution < 1.29 is 4.74 Å². The summed E-state index contributed by atoms with van der Waals surface area (Å²) in [5.41, 5.74) is 2.23. The van der Waals surface area contributed by atoms with E-state index in [1.54, 1.807) is 7.11 Å². The first kappa shape index (κ1) is 11.9. The molecule has 1 atom stereocenters. The Morgan fingerprint density at radius 1 is 1.62 bits per heavy atom. The number of aryl methyl sites for hydroxylation is 1. The molecule has 0 amide bonds. The van der Waals surface area contributed by atoms with E-state index in [9.17, 15) is 0 Å². The van der Waals surface area contributed by atoms with E-state index in [0.29, 0.717) is 6.04 Å². The van der Waals surface area contributed by atoms with Crippen molar-refractivity contribution in [2.45, 2.75) is 25.8 Å². The van der Waals surface area contributed by atoms with Crippen LogP contribution in [0.3, 0.4) is 0 Å². The smallest absolute Gasteiger partial charge is 0.109 e. The lowest BCUT2D eigenvalue weighted by Crippen LogP contribution is -2.27. The first-order valence-corrected chi connectivity index (χ1v) is 6.37. The van der Waals surface area contributed by atoms with Gasteiger partial charge in [0.25, 0.3) is 0 Å². The molecule has 1 aliphatic carbocycles. The number of halogens is 1. The molecule has 16 heavy (non-hydrogen) atoms. The van der Waals surface area contributed by atoms with Crippen LogP contribution in [-0.2, 0) is 4.74 Å². The van der Waals surface area contributed by atoms with Gasteiger partial charge in [0.05, 0.1) is 24.5 Å². The van der Waals surface area contributed by atoms with Gasteiger partial charge < -0.3 is 10.1 Å². The van der Waals surface area contributed by atoms with E-state index in [1.165, 1.54) is 12.8 Å². The van der Waals surface area contributed by atoms with E-state index in [0.717, 1.165) is 28.4 Å². The molecule has 1 saturated carbocycles. The van der Waals surface area contributed by atoms with E-state index < -0.39 is 0 Å². The monoisotopic (exact) mass is 284 g/mol. The third-order valence-electron chi connectivity index (χ3n) is 2.90. The van der Waals surface area contributed by atoms with Crippen molar-refractivity contribution in [1.82, 2.24) is 4.98 Å². The fourth-order valence-electron chi connectivity index (χ4n) is 1.82. The van der Waals surface area contributed by atoms with Crippen molar-refractivity contribution in [3.8, 4) is 0 Å². The van der Waals surface area contributed by atoms with Gasteiger partial charge in [0.1, 0.15) is 4.60 Å². The highest BCUT2D eigenvalue weighted by atomic mass is 79.9. The maximum absolute atomic E-state index is 5.24. The van der Waals surface area contributed by atoms with Crippen LogP contribution in [0.25, 0.3) is 0 Å². The molecule has 88 valence electrons. The average Bonchev–Trinajstić information content (AvgIpc) is 3.06. The molecular formula is C12H17BrN2O. The molecule has 1 unspecified atom stereocenters. The number of methoxy groups -OCH3 is 1. The minimum absolute atomic E-state index is 0.423. The lowest BCUT2D eigenvalue weighted by atomic mass is 10.2. The van der Waals surface area contributed by atoms with Gasteiger partial charge in [0, 0.05) is 7.11 Å². The van der Waals surface area contributed by atoms with Gasteiger partial charge in [-0.2, -0.15) is 0 Å². The van der Waals surface area contributed by atoms with E-state index in [1.807, 2.05) is 13.1 Å².